The Morgan fingerprint density at radius 3 is 2.36 bits per heavy atom. The third-order valence-electron chi connectivity index (χ3n) is 3.55. The highest BCUT2D eigenvalue weighted by Crippen LogP contribution is 2.27. The molecule has 0 saturated carbocycles. The quantitative estimate of drug-likeness (QED) is 0.686. The highest BCUT2D eigenvalue weighted by molar-refractivity contribution is 7.90. The van der Waals surface area contributed by atoms with E-state index in [-0.39, 0.29) is 17.3 Å². The lowest BCUT2D eigenvalue weighted by Crippen LogP contribution is -2.05. The number of rotatable bonds is 4. The zero-order chi connectivity index (χ0) is 18.0. The van der Waals surface area contributed by atoms with Crippen LogP contribution in [0.1, 0.15) is 16.8 Å². The van der Waals surface area contributed by atoms with Crippen LogP contribution in [0.15, 0.2) is 58.0 Å². The maximum atomic E-state index is 12.6. The number of hydrogen-bond acceptors (Lipinski definition) is 5. The molecule has 0 aliphatic heterocycles. The first-order valence-electron chi connectivity index (χ1n) is 7.34. The summed E-state index contributed by atoms with van der Waals surface area (Å²) in [6, 6.07) is 15.5. The van der Waals surface area contributed by atoms with Gasteiger partial charge in [0.2, 0.25) is 15.7 Å². The van der Waals surface area contributed by atoms with Gasteiger partial charge in [-0.2, -0.15) is 10.2 Å². The number of benzene rings is 2. The van der Waals surface area contributed by atoms with Gasteiger partial charge >= 0.3 is 0 Å². The third-order valence-corrected chi connectivity index (χ3v) is 5.36. The largest absolute Gasteiger partial charge is 0.423 e. The maximum absolute atomic E-state index is 12.6. The van der Waals surface area contributed by atoms with Gasteiger partial charge in [0.15, 0.2) is 5.69 Å². The fourth-order valence-corrected chi connectivity index (χ4v) is 3.75. The van der Waals surface area contributed by atoms with Crippen LogP contribution in [-0.4, -0.2) is 13.4 Å². The minimum atomic E-state index is -3.86. The van der Waals surface area contributed by atoms with Crippen molar-refractivity contribution in [3.8, 4) is 17.5 Å². The molecule has 1 heterocycles. The molecule has 0 radical (unpaired) electrons. The van der Waals surface area contributed by atoms with E-state index in [1.807, 2.05) is 19.1 Å². The van der Waals surface area contributed by atoms with Gasteiger partial charge in [-0.3, -0.25) is 0 Å². The van der Waals surface area contributed by atoms with Crippen molar-refractivity contribution in [3.05, 3.63) is 70.4 Å². The molecular weight excluding hydrogens is 360 g/mol. The Balaban J connectivity index is 1.99. The van der Waals surface area contributed by atoms with E-state index in [0.29, 0.717) is 16.1 Å². The Bertz CT molecular complexity index is 1050. The predicted molar refractivity (Wildman–Crippen MR) is 93.7 cm³/mol. The molecule has 126 valence electrons. The van der Waals surface area contributed by atoms with Crippen LogP contribution in [-0.2, 0) is 15.6 Å². The summed E-state index contributed by atoms with van der Waals surface area (Å²) in [6.45, 7) is 1.93. The number of nitriles is 1. The lowest BCUT2D eigenvalue weighted by molar-refractivity contribution is 0.457. The second-order valence-corrected chi connectivity index (χ2v) is 7.84. The molecule has 2 aromatic carbocycles. The summed E-state index contributed by atoms with van der Waals surface area (Å²) >= 11 is 5.81. The number of aryl methyl sites for hydroxylation is 1. The third kappa shape index (κ3) is 3.73. The van der Waals surface area contributed by atoms with Gasteiger partial charge in [0.05, 0.1) is 5.75 Å². The standard InChI is InChI=1S/C18H13ClN2O3S/c1-12-2-6-14(7-3-12)17-21-16(10-20)18(24-17)25(22,23)11-13-4-8-15(19)9-5-13/h2-9H,11H2,1H3. The van der Waals surface area contributed by atoms with Crippen LogP contribution in [0.25, 0.3) is 11.5 Å². The Hall–Kier alpha value is -2.62. The average Bonchev–Trinajstić information content (AvgIpc) is 3.03. The number of sulfone groups is 1. The van der Waals surface area contributed by atoms with Crippen molar-refractivity contribution in [2.45, 2.75) is 17.8 Å². The molecule has 0 spiro atoms. The summed E-state index contributed by atoms with van der Waals surface area (Å²) in [7, 11) is -3.86. The first-order chi connectivity index (χ1) is 11.9. The number of hydrogen-bond donors (Lipinski definition) is 0. The lowest BCUT2D eigenvalue weighted by atomic mass is 10.1. The number of oxazole rings is 1. The van der Waals surface area contributed by atoms with Crippen molar-refractivity contribution < 1.29 is 12.8 Å². The number of aromatic nitrogens is 1. The first kappa shape index (κ1) is 17.2. The van der Waals surface area contributed by atoms with Crippen molar-refractivity contribution in [1.82, 2.24) is 4.98 Å². The smallest absolute Gasteiger partial charge is 0.257 e. The number of halogens is 1. The Labute approximate surface area is 150 Å². The molecule has 0 amide bonds. The molecular formula is C18H13ClN2O3S. The van der Waals surface area contributed by atoms with Crippen LogP contribution in [0.4, 0.5) is 0 Å². The van der Waals surface area contributed by atoms with Gasteiger partial charge in [-0.25, -0.2) is 8.42 Å². The summed E-state index contributed by atoms with van der Waals surface area (Å²) in [4.78, 5) is 4.02. The molecule has 3 rings (SSSR count). The summed E-state index contributed by atoms with van der Waals surface area (Å²) in [5.41, 5.74) is 1.95. The summed E-state index contributed by atoms with van der Waals surface area (Å²) in [5, 5.41) is 9.33. The molecule has 7 heteroatoms. The summed E-state index contributed by atoms with van der Waals surface area (Å²) in [6.07, 6.45) is 0. The van der Waals surface area contributed by atoms with Crippen LogP contribution in [0.2, 0.25) is 5.02 Å². The van der Waals surface area contributed by atoms with Crippen molar-refractivity contribution in [3.63, 3.8) is 0 Å². The normalized spacial score (nSPS) is 11.2. The monoisotopic (exact) mass is 372 g/mol. The molecule has 0 N–H and O–H groups in total. The van der Waals surface area contributed by atoms with Gasteiger partial charge in [-0.1, -0.05) is 41.4 Å². The maximum Gasteiger partial charge on any atom is 0.257 e. The second-order valence-electron chi connectivity index (χ2n) is 5.52. The van der Waals surface area contributed by atoms with Crippen LogP contribution in [0, 0.1) is 18.3 Å². The van der Waals surface area contributed by atoms with Crippen molar-refractivity contribution in [2.24, 2.45) is 0 Å². The van der Waals surface area contributed by atoms with Gasteiger partial charge in [0.1, 0.15) is 6.07 Å². The highest BCUT2D eigenvalue weighted by Gasteiger charge is 2.27. The fourth-order valence-electron chi connectivity index (χ4n) is 2.27. The highest BCUT2D eigenvalue weighted by atomic mass is 35.5. The van der Waals surface area contributed by atoms with Crippen molar-refractivity contribution >= 4 is 21.4 Å². The van der Waals surface area contributed by atoms with E-state index in [9.17, 15) is 13.7 Å². The molecule has 0 atom stereocenters. The van der Waals surface area contributed by atoms with Gasteiger partial charge in [0.25, 0.3) is 5.09 Å². The molecule has 0 unspecified atom stereocenters. The lowest BCUT2D eigenvalue weighted by Gasteiger charge is -2.02. The number of nitrogens with zero attached hydrogens (tertiary/aromatic N) is 2. The molecule has 0 bridgehead atoms. The van der Waals surface area contributed by atoms with Crippen LogP contribution < -0.4 is 0 Å². The molecule has 0 fully saturated rings. The zero-order valence-corrected chi connectivity index (χ0v) is 14.8. The van der Waals surface area contributed by atoms with E-state index >= 15 is 0 Å². The first-order valence-corrected chi connectivity index (χ1v) is 9.37. The van der Waals surface area contributed by atoms with Gasteiger partial charge in [-0.15, -0.1) is 0 Å². The van der Waals surface area contributed by atoms with Gasteiger partial charge in [0, 0.05) is 10.6 Å². The Morgan fingerprint density at radius 2 is 1.76 bits per heavy atom. The molecule has 5 nitrogen and oxygen atoms in total. The van der Waals surface area contributed by atoms with Crippen LogP contribution in [0.3, 0.4) is 0 Å². The Kier molecular flexibility index (Phi) is 4.62. The summed E-state index contributed by atoms with van der Waals surface area (Å²) < 4.78 is 30.7. The molecule has 0 aliphatic carbocycles. The van der Waals surface area contributed by atoms with E-state index in [1.54, 1.807) is 42.5 Å². The minimum Gasteiger partial charge on any atom is -0.423 e. The van der Waals surface area contributed by atoms with E-state index < -0.39 is 14.9 Å². The fraction of sp³-hybridized carbons (Fsp3) is 0.111. The molecule has 1 aromatic heterocycles. The molecule has 3 aromatic rings. The van der Waals surface area contributed by atoms with Crippen molar-refractivity contribution in [1.29, 1.82) is 5.26 Å². The Morgan fingerprint density at radius 1 is 1.12 bits per heavy atom. The SMILES string of the molecule is Cc1ccc(-c2nc(C#N)c(S(=O)(=O)Cc3ccc(Cl)cc3)o2)cc1. The van der Waals surface area contributed by atoms with Gasteiger partial charge in [-0.05, 0) is 36.8 Å². The second kappa shape index (κ2) is 6.71. The molecule has 0 saturated heterocycles. The van der Waals surface area contributed by atoms with Crippen LogP contribution >= 0.6 is 11.6 Å². The average molecular weight is 373 g/mol. The molecule has 25 heavy (non-hydrogen) atoms. The van der Waals surface area contributed by atoms with Crippen molar-refractivity contribution in [2.75, 3.05) is 0 Å². The van der Waals surface area contributed by atoms with Gasteiger partial charge < -0.3 is 4.42 Å². The van der Waals surface area contributed by atoms with E-state index in [1.165, 1.54) is 0 Å². The topological polar surface area (TPSA) is 84.0 Å². The predicted octanol–water partition coefficient (Wildman–Crippen LogP) is 4.15. The van der Waals surface area contributed by atoms with Crippen LogP contribution in [0.5, 0.6) is 0 Å². The van der Waals surface area contributed by atoms with E-state index in [4.69, 9.17) is 16.0 Å². The minimum absolute atomic E-state index is 0.103. The zero-order valence-electron chi connectivity index (χ0n) is 13.2. The summed E-state index contributed by atoms with van der Waals surface area (Å²) in [5.74, 6) is -0.201. The van der Waals surface area contributed by atoms with E-state index in [2.05, 4.69) is 4.98 Å². The molecule has 0 aliphatic rings. The van der Waals surface area contributed by atoms with E-state index in [0.717, 1.165) is 5.56 Å².